The number of amides is 1. The van der Waals surface area contributed by atoms with Crippen LogP contribution in [0.15, 0.2) is 69.7 Å². The van der Waals surface area contributed by atoms with Crippen molar-refractivity contribution >= 4 is 28.6 Å². The van der Waals surface area contributed by atoms with Crippen LogP contribution < -0.4 is 4.74 Å². The SMILES string of the molecule is O=C(COc1cccc([N+](=O)[O-])c1)N1N=C(c2cccs2)CC1c1ccco1. The van der Waals surface area contributed by atoms with Crippen LogP contribution in [0.4, 0.5) is 5.69 Å². The Bertz CT molecular complexity index is 1010. The minimum absolute atomic E-state index is 0.0995. The monoisotopic (exact) mass is 397 g/mol. The summed E-state index contributed by atoms with van der Waals surface area (Å²) in [5.74, 6) is 0.525. The summed E-state index contributed by atoms with van der Waals surface area (Å²) in [6.45, 7) is -0.292. The highest BCUT2D eigenvalue weighted by molar-refractivity contribution is 7.12. The second-order valence-electron chi connectivity index (χ2n) is 6.04. The quantitative estimate of drug-likeness (QED) is 0.462. The lowest BCUT2D eigenvalue weighted by Crippen LogP contribution is -2.31. The van der Waals surface area contributed by atoms with E-state index in [9.17, 15) is 14.9 Å². The third kappa shape index (κ3) is 3.65. The average Bonchev–Trinajstić information content (AvgIpc) is 3.46. The molecule has 1 atom stereocenters. The van der Waals surface area contributed by atoms with Crippen LogP contribution in [-0.4, -0.2) is 28.2 Å². The molecule has 3 heterocycles. The minimum Gasteiger partial charge on any atom is -0.483 e. The number of benzene rings is 1. The van der Waals surface area contributed by atoms with Gasteiger partial charge in [0.05, 0.1) is 27.8 Å². The smallest absolute Gasteiger partial charge is 0.281 e. The van der Waals surface area contributed by atoms with Crippen molar-refractivity contribution in [2.75, 3.05) is 6.61 Å². The molecule has 0 bridgehead atoms. The molecule has 142 valence electrons. The van der Waals surface area contributed by atoms with Crippen molar-refractivity contribution in [1.29, 1.82) is 0 Å². The van der Waals surface area contributed by atoms with Gasteiger partial charge in [0.1, 0.15) is 17.6 Å². The Morgan fingerprint density at radius 2 is 2.21 bits per heavy atom. The number of hydrogen-bond acceptors (Lipinski definition) is 7. The molecule has 0 aliphatic carbocycles. The van der Waals surface area contributed by atoms with Gasteiger partial charge in [-0.2, -0.15) is 5.10 Å². The Balaban J connectivity index is 1.52. The molecule has 0 saturated carbocycles. The van der Waals surface area contributed by atoms with Gasteiger partial charge in [-0.3, -0.25) is 14.9 Å². The molecule has 9 heteroatoms. The molecule has 1 unspecified atom stereocenters. The zero-order valence-electron chi connectivity index (χ0n) is 14.6. The van der Waals surface area contributed by atoms with Gasteiger partial charge in [-0.1, -0.05) is 12.1 Å². The topological polar surface area (TPSA) is 98.2 Å². The lowest BCUT2D eigenvalue weighted by molar-refractivity contribution is -0.384. The van der Waals surface area contributed by atoms with Crippen LogP contribution in [0.1, 0.15) is 23.1 Å². The van der Waals surface area contributed by atoms with Gasteiger partial charge in [-0.25, -0.2) is 5.01 Å². The minimum atomic E-state index is -0.514. The zero-order valence-corrected chi connectivity index (χ0v) is 15.4. The van der Waals surface area contributed by atoms with Gasteiger partial charge < -0.3 is 9.15 Å². The Labute approximate surface area is 163 Å². The van der Waals surface area contributed by atoms with Crippen LogP contribution in [-0.2, 0) is 4.79 Å². The number of nitrogens with zero attached hydrogens (tertiary/aromatic N) is 3. The predicted octanol–water partition coefficient (Wildman–Crippen LogP) is 4.01. The van der Waals surface area contributed by atoms with Crippen molar-refractivity contribution in [3.63, 3.8) is 0 Å². The van der Waals surface area contributed by atoms with Crippen molar-refractivity contribution in [3.05, 3.63) is 80.9 Å². The molecule has 0 saturated heterocycles. The first-order valence-corrected chi connectivity index (χ1v) is 9.34. The first kappa shape index (κ1) is 17.9. The maximum Gasteiger partial charge on any atom is 0.281 e. The van der Waals surface area contributed by atoms with Crippen LogP contribution in [0.2, 0.25) is 0 Å². The number of thiophene rings is 1. The first-order chi connectivity index (χ1) is 13.6. The highest BCUT2D eigenvalue weighted by Crippen LogP contribution is 2.34. The fraction of sp³-hybridized carbons (Fsp3) is 0.158. The number of nitro benzene ring substituents is 1. The molecule has 3 aromatic rings. The van der Waals surface area contributed by atoms with E-state index in [-0.39, 0.29) is 30.0 Å². The van der Waals surface area contributed by atoms with E-state index in [4.69, 9.17) is 9.15 Å². The number of furan rings is 1. The van der Waals surface area contributed by atoms with E-state index in [1.165, 1.54) is 23.2 Å². The van der Waals surface area contributed by atoms with Crippen LogP contribution in [0.5, 0.6) is 5.75 Å². The zero-order chi connectivity index (χ0) is 19.5. The summed E-state index contributed by atoms with van der Waals surface area (Å²) in [5, 5.41) is 18.7. The Morgan fingerprint density at radius 1 is 1.32 bits per heavy atom. The first-order valence-electron chi connectivity index (χ1n) is 8.46. The van der Waals surface area contributed by atoms with Gasteiger partial charge in [0.25, 0.3) is 11.6 Å². The van der Waals surface area contributed by atoms with Crippen molar-refractivity contribution in [1.82, 2.24) is 5.01 Å². The molecule has 0 fully saturated rings. The normalized spacial score (nSPS) is 16.1. The summed E-state index contributed by atoms with van der Waals surface area (Å²) in [4.78, 5) is 24.1. The van der Waals surface area contributed by atoms with Crippen LogP contribution in [0, 0.1) is 10.1 Å². The molecule has 0 radical (unpaired) electrons. The fourth-order valence-corrected chi connectivity index (χ4v) is 3.65. The molecule has 4 rings (SSSR count). The standard InChI is InChI=1S/C19H15N3O5S/c23-19(12-27-14-5-1-4-13(10-14)22(24)25)21-16(17-6-2-8-26-17)11-15(20-21)18-7-3-9-28-18/h1-10,16H,11-12H2. The lowest BCUT2D eigenvalue weighted by Gasteiger charge is -2.19. The van der Waals surface area contributed by atoms with Crippen LogP contribution in [0.3, 0.4) is 0 Å². The van der Waals surface area contributed by atoms with Gasteiger partial charge in [0.2, 0.25) is 0 Å². The van der Waals surface area contributed by atoms with Gasteiger partial charge in [-0.05, 0) is 29.6 Å². The summed E-state index contributed by atoms with van der Waals surface area (Å²) in [7, 11) is 0. The Morgan fingerprint density at radius 3 is 2.93 bits per heavy atom. The molecule has 1 aromatic carbocycles. The van der Waals surface area contributed by atoms with Crippen molar-refractivity contribution in [2.45, 2.75) is 12.5 Å². The van der Waals surface area contributed by atoms with E-state index < -0.39 is 4.92 Å². The Kier molecular flexibility index (Phi) is 4.90. The largest absolute Gasteiger partial charge is 0.483 e. The highest BCUT2D eigenvalue weighted by Gasteiger charge is 2.35. The molecule has 1 amide bonds. The summed E-state index contributed by atoms with van der Waals surface area (Å²) in [5.41, 5.74) is 0.706. The number of rotatable bonds is 6. The van der Waals surface area contributed by atoms with Crippen molar-refractivity contribution in [3.8, 4) is 5.75 Å². The van der Waals surface area contributed by atoms with Gasteiger partial charge in [-0.15, -0.1) is 11.3 Å². The fourth-order valence-electron chi connectivity index (χ4n) is 2.93. The number of carbonyl (C=O) groups excluding carboxylic acids is 1. The lowest BCUT2D eigenvalue weighted by atomic mass is 10.1. The molecule has 1 aliphatic rings. The third-order valence-electron chi connectivity index (χ3n) is 4.23. The summed E-state index contributed by atoms with van der Waals surface area (Å²) < 4.78 is 11.0. The van der Waals surface area contributed by atoms with E-state index in [1.807, 2.05) is 17.5 Å². The number of hydrazone groups is 1. The molecule has 28 heavy (non-hydrogen) atoms. The second kappa shape index (κ2) is 7.65. The maximum absolute atomic E-state index is 12.8. The Hall–Kier alpha value is -3.46. The number of non-ortho nitro benzene ring substituents is 1. The van der Waals surface area contributed by atoms with Crippen molar-refractivity contribution in [2.24, 2.45) is 5.10 Å². The number of carbonyl (C=O) groups is 1. The van der Waals surface area contributed by atoms with Crippen LogP contribution in [0.25, 0.3) is 0 Å². The van der Waals surface area contributed by atoms with Gasteiger partial charge >= 0.3 is 0 Å². The molecule has 2 aromatic heterocycles. The number of nitro groups is 1. The van der Waals surface area contributed by atoms with E-state index in [0.717, 1.165) is 10.6 Å². The van der Waals surface area contributed by atoms with Crippen LogP contribution >= 0.6 is 11.3 Å². The van der Waals surface area contributed by atoms with Gasteiger partial charge in [0, 0.05) is 12.5 Å². The maximum atomic E-state index is 12.8. The van der Waals surface area contributed by atoms with E-state index >= 15 is 0 Å². The van der Waals surface area contributed by atoms with Crippen molar-refractivity contribution < 1.29 is 18.9 Å². The molecule has 1 aliphatic heterocycles. The summed E-state index contributed by atoms with van der Waals surface area (Å²) >= 11 is 1.55. The molecular weight excluding hydrogens is 382 g/mol. The molecular formula is C19H15N3O5S. The van der Waals surface area contributed by atoms with E-state index in [1.54, 1.807) is 35.8 Å². The predicted molar refractivity (Wildman–Crippen MR) is 102 cm³/mol. The van der Waals surface area contributed by atoms with E-state index in [2.05, 4.69) is 5.10 Å². The second-order valence-corrected chi connectivity index (χ2v) is 6.99. The van der Waals surface area contributed by atoms with E-state index in [0.29, 0.717) is 12.2 Å². The average molecular weight is 397 g/mol. The number of hydrogen-bond donors (Lipinski definition) is 0. The molecule has 0 N–H and O–H groups in total. The molecule has 8 nitrogen and oxygen atoms in total. The van der Waals surface area contributed by atoms with Gasteiger partial charge in [0.15, 0.2) is 6.61 Å². The summed E-state index contributed by atoms with van der Waals surface area (Å²) in [6.07, 6.45) is 2.09. The summed E-state index contributed by atoms with van der Waals surface area (Å²) in [6, 6.07) is 12.8. The molecule has 0 spiro atoms. The highest BCUT2D eigenvalue weighted by atomic mass is 32.1. The number of ether oxygens (including phenoxy) is 1. The third-order valence-corrected chi connectivity index (χ3v) is 5.15.